The highest BCUT2D eigenvalue weighted by molar-refractivity contribution is 6.06. The molecule has 76 valence electrons. The second-order valence-corrected chi connectivity index (χ2v) is 3.58. The highest BCUT2D eigenvalue weighted by Gasteiger charge is 2.12. The van der Waals surface area contributed by atoms with E-state index in [1.807, 2.05) is 6.92 Å². The number of aryl methyl sites for hydroxylation is 1. The zero-order valence-electron chi connectivity index (χ0n) is 8.65. The van der Waals surface area contributed by atoms with Crippen LogP contribution in [0, 0.1) is 12.1 Å². The second kappa shape index (κ2) is 3.35. The minimum atomic E-state index is -0.0220. The number of carbonyl (C=O) groups is 1. The maximum atomic E-state index is 11.6. The highest BCUT2D eigenvalue weighted by atomic mass is 16.5. The van der Waals surface area contributed by atoms with Crippen LogP contribution in [0.25, 0.3) is 10.9 Å². The van der Waals surface area contributed by atoms with Crippen molar-refractivity contribution in [1.29, 1.82) is 0 Å². The van der Waals surface area contributed by atoms with Gasteiger partial charge in [-0.2, -0.15) is 4.73 Å². The van der Waals surface area contributed by atoms with Crippen molar-refractivity contribution in [3.63, 3.8) is 0 Å². The summed E-state index contributed by atoms with van der Waals surface area (Å²) < 4.78 is 0.803. The van der Waals surface area contributed by atoms with E-state index in [9.17, 15) is 10.0 Å². The smallest absolute Gasteiger partial charge is 0.227 e. The molecule has 1 heterocycles. The first-order valence-electron chi connectivity index (χ1n) is 4.73. The maximum Gasteiger partial charge on any atom is 0.227 e. The number of Topliss-reactive ketones (excluding diaryl/α,β-unsaturated/α-hetero) is 1. The molecule has 1 aromatic carbocycles. The van der Waals surface area contributed by atoms with Crippen LogP contribution in [0.4, 0.5) is 0 Å². The molecule has 0 aliphatic heterocycles. The molecule has 0 aliphatic carbocycles. The normalized spacial score (nSPS) is 10.5. The maximum absolute atomic E-state index is 11.6. The van der Waals surface area contributed by atoms with Gasteiger partial charge < -0.3 is 5.21 Å². The summed E-state index contributed by atoms with van der Waals surface area (Å²) in [6.07, 6.45) is 1.44. The molecule has 1 aromatic heterocycles. The Morgan fingerprint density at radius 1 is 1.33 bits per heavy atom. The van der Waals surface area contributed by atoms with Crippen molar-refractivity contribution in [3.8, 4) is 0 Å². The molecule has 0 saturated heterocycles. The number of hydrogen-bond donors (Lipinski definition) is 0. The van der Waals surface area contributed by atoms with Gasteiger partial charge in [0.1, 0.15) is 0 Å². The molecule has 0 radical (unpaired) electrons. The van der Waals surface area contributed by atoms with Gasteiger partial charge in [0.25, 0.3) is 0 Å². The van der Waals surface area contributed by atoms with Gasteiger partial charge in [0.2, 0.25) is 5.52 Å². The Morgan fingerprint density at radius 2 is 2.07 bits per heavy atom. The molecular weight excluding hydrogens is 190 g/mol. The van der Waals surface area contributed by atoms with Crippen LogP contribution >= 0.6 is 0 Å². The van der Waals surface area contributed by atoms with Crippen LogP contribution in [0.2, 0.25) is 0 Å². The molecule has 0 fully saturated rings. The van der Waals surface area contributed by atoms with Crippen LogP contribution in [0.15, 0.2) is 30.5 Å². The molecule has 3 heteroatoms. The number of pyridine rings is 1. The average Bonchev–Trinajstić information content (AvgIpc) is 2.17. The van der Waals surface area contributed by atoms with E-state index in [4.69, 9.17) is 0 Å². The van der Waals surface area contributed by atoms with Crippen molar-refractivity contribution in [2.45, 2.75) is 13.8 Å². The number of ketones is 1. The van der Waals surface area contributed by atoms with Gasteiger partial charge in [-0.15, -0.1) is 0 Å². The largest absolute Gasteiger partial charge is 0.618 e. The fourth-order valence-corrected chi connectivity index (χ4v) is 1.78. The Hall–Kier alpha value is -1.90. The zero-order chi connectivity index (χ0) is 11.0. The summed E-state index contributed by atoms with van der Waals surface area (Å²) in [7, 11) is 0. The number of hydrogen-bond acceptors (Lipinski definition) is 2. The van der Waals surface area contributed by atoms with Gasteiger partial charge >= 0.3 is 0 Å². The average molecular weight is 201 g/mol. The lowest BCUT2D eigenvalue weighted by Crippen LogP contribution is -2.27. The first-order chi connectivity index (χ1) is 7.11. The van der Waals surface area contributed by atoms with E-state index in [-0.39, 0.29) is 5.78 Å². The molecule has 0 bridgehead atoms. The number of carbonyl (C=O) groups excluding carboxylic acids is 1. The third-order valence-corrected chi connectivity index (χ3v) is 2.50. The van der Waals surface area contributed by atoms with Crippen LogP contribution in [0.3, 0.4) is 0 Å². The van der Waals surface area contributed by atoms with Gasteiger partial charge in [0.15, 0.2) is 12.0 Å². The minimum absolute atomic E-state index is 0.0220. The van der Waals surface area contributed by atoms with Crippen molar-refractivity contribution in [2.24, 2.45) is 0 Å². The SMILES string of the molecule is CC(=O)c1ccc(C)c2c1ccc[n+]2[O-]. The molecule has 2 rings (SSSR count). The monoisotopic (exact) mass is 201 g/mol. The zero-order valence-corrected chi connectivity index (χ0v) is 8.65. The first kappa shape index (κ1) is 9.65. The standard InChI is InChI=1S/C12H11NO2/c1-8-5-6-10(9(2)14)11-4-3-7-13(15)12(8)11/h3-7H,1-2H3. The van der Waals surface area contributed by atoms with Gasteiger partial charge in [0, 0.05) is 17.2 Å². The van der Waals surface area contributed by atoms with Crippen LogP contribution in [-0.4, -0.2) is 5.78 Å². The molecule has 0 atom stereocenters. The molecule has 0 amide bonds. The Labute approximate surface area is 87.5 Å². The number of fused-ring (bicyclic) bond motifs is 1. The van der Waals surface area contributed by atoms with Crippen LogP contribution in [-0.2, 0) is 0 Å². The van der Waals surface area contributed by atoms with Crippen LogP contribution in [0.1, 0.15) is 22.8 Å². The van der Waals surface area contributed by atoms with E-state index in [0.717, 1.165) is 15.7 Å². The lowest BCUT2D eigenvalue weighted by Gasteiger charge is -2.06. The van der Waals surface area contributed by atoms with Gasteiger partial charge in [0.05, 0.1) is 5.39 Å². The van der Waals surface area contributed by atoms with Gasteiger partial charge in [-0.1, -0.05) is 12.1 Å². The molecule has 3 nitrogen and oxygen atoms in total. The highest BCUT2D eigenvalue weighted by Crippen LogP contribution is 2.19. The van der Waals surface area contributed by atoms with Crippen molar-refractivity contribution >= 4 is 16.7 Å². The van der Waals surface area contributed by atoms with Crippen molar-refractivity contribution in [2.75, 3.05) is 0 Å². The minimum Gasteiger partial charge on any atom is -0.618 e. The van der Waals surface area contributed by atoms with E-state index in [1.165, 1.54) is 13.1 Å². The van der Waals surface area contributed by atoms with Crippen molar-refractivity contribution < 1.29 is 9.52 Å². The summed E-state index contributed by atoms with van der Waals surface area (Å²) in [5.41, 5.74) is 2.05. The molecule has 0 N–H and O–H groups in total. The Balaban J connectivity index is 2.95. The summed E-state index contributed by atoms with van der Waals surface area (Å²) in [6.45, 7) is 3.37. The molecule has 0 aliphatic rings. The van der Waals surface area contributed by atoms with Crippen LogP contribution < -0.4 is 4.73 Å². The number of benzene rings is 1. The predicted octanol–water partition coefficient (Wildman–Crippen LogP) is 1.98. The molecule has 2 aromatic rings. The Kier molecular flexibility index (Phi) is 2.15. The summed E-state index contributed by atoms with van der Waals surface area (Å²) >= 11 is 0. The fourth-order valence-electron chi connectivity index (χ4n) is 1.78. The van der Waals surface area contributed by atoms with E-state index in [0.29, 0.717) is 11.1 Å². The number of rotatable bonds is 1. The Bertz CT molecular complexity index is 538. The van der Waals surface area contributed by atoms with E-state index in [1.54, 1.807) is 24.3 Å². The lowest BCUT2D eigenvalue weighted by atomic mass is 10.0. The first-order valence-corrected chi connectivity index (χ1v) is 4.73. The number of aromatic nitrogens is 1. The lowest BCUT2D eigenvalue weighted by molar-refractivity contribution is -0.577. The molecule has 0 unspecified atom stereocenters. The summed E-state index contributed by atoms with van der Waals surface area (Å²) in [6, 6.07) is 7.02. The number of nitrogens with zero attached hydrogens (tertiary/aromatic N) is 1. The summed E-state index contributed by atoms with van der Waals surface area (Å²) in [4.78, 5) is 11.4. The molecule has 15 heavy (non-hydrogen) atoms. The molecule has 0 spiro atoms. The van der Waals surface area contributed by atoms with Gasteiger partial charge in [-0.3, -0.25) is 4.79 Å². The Morgan fingerprint density at radius 3 is 2.73 bits per heavy atom. The van der Waals surface area contributed by atoms with Gasteiger partial charge in [-0.25, -0.2) is 0 Å². The van der Waals surface area contributed by atoms with E-state index in [2.05, 4.69) is 0 Å². The molecule has 0 saturated carbocycles. The third-order valence-electron chi connectivity index (χ3n) is 2.50. The fraction of sp³-hybridized carbons (Fsp3) is 0.167. The molecular formula is C12H11NO2. The van der Waals surface area contributed by atoms with Crippen LogP contribution in [0.5, 0.6) is 0 Å². The van der Waals surface area contributed by atoms with E-state index < -0.39 is 0 Å². The summed E-state index contributed by atoms with van der Waals surface area (Å²) in [5, 5.41) is 12.3. The predicted molar refractivity (Wildman–Crippen MR) is 57.6 cm³/mol. The quantitative estimate of drug-likeness (QED) is 0.402. The summed E-state index contributed by atoms with van der Waals surface area (Å²) in [5.74, 6) is -0.0220. The topological polar surface area (TPSA) is 44.0 Å². The second-order valence-electron chi connectivity index (χ2n) is 3.58. The van der Waals surface area contributed by atoms with Gasteiger partial charge in [-0.05, 0) is 19.9 Å². The van der Waals surface area contributed by atoms with E-state index >= 15 is 0 Å². The van der Waals surface area contributed by atoms with Crippen molar-refractivity contribution in [1.82, 2.24) is 0 Å². The van der Waals surface area contributed by atoms with Crippen molar-refractivity contribution in [3.05, 3.63) is 46.8 Å². The third kappa shape index (κ3) is 1.46.